The van der Waals surface area contributed by atoms with Crippen molar-refractivity contribution in [3.05, 3.63) is 5.01 Å². The minimum Gasteiger partial charge on any atom is -0.331 e. The summed E-state index contributed by atoms with van der Waals surface area (Å²) in [5.74, 6) is -0.165. The molecule has 1 aromatic rings. The van der Waals surface area contributed by atoms with Crippen molar-refractivity contribution in [3.8, 4) is 0 Å². The van der Waals surface area contributed by atoms with Crippen LogP contribution in [0.1, 0.15) is 24.8 Å². The van der Waals surface area contributed by atoms with E-state index in [1.165, 1.54) is 11.3 Å². The quantitative estimate of drug-likeness (QED) is 0.832. The lowest BCUT2D eigenvalue weighted by atomic mass is 10.3. The van der Waals surface area contributed by atoms with Gasteiger partial charge in [0.25, 0.3) is 0 Å². The molecule has 2 rings (SSSR count). The molecule has 7 nitrogen and oxygen atoms in total. The van der Waals surface area contributed by atoms with E-state index in [0.29, 0.717) is 18.1 Å². The maximum atomic E-state index is 12.1. The summed E-state index contributed by atoms with van der Waals surface area (Å²) >= 11 is 1.38. The molecule has 1 atom stereocenters. The number of carbonyl (C=O) groups excluding carboxylic acids is 2. The van der Waals surface area contributed by atoms with Crippen molar-refractivity contribution in [2.75, 3.05) is 32.5 Å². The minimum absolute atomic E-state index is 0.0431. The van der Waals surface area contributed by atoms with Crippen molar-refractivity contribution < 1.29 is 9.59 Å². The van der Waals surface area contributed by atoms with Crippen molar-refractivity contribution in [1.29, 1.82) is 0 Å². The Balaban J connectivity index is 1.89. The predicted molar refractivity (Wildman–Crippen MR) is 81.2 cm³/mol. The number of anilines is 1. The molecular weight excluding hydrogens is 290 g/mol. The molecule has 1 saturated heterocycles. The number of nitrogens with one attached hydrogen (secondary N) is 1. The number of rotatable bonds is 6. The largest absolute Gasteiger partial charge is 0.331 e. The Bertz CT molecular complexity index is 516. The Morgan fingerprint density at radius 1 is 1.48 bits per heavy atom. The van der Waals surface area contributed by atoms with Gasteiger partial charge in [0.2, 0.25) is 16.9 Å². The van der Waals surface area contributed by atoms with E-state index >= 15 is 0 Å². The fraction of sp³-hybridized carbons (Fsp3) is 0.692. The molecule has 1 fully saturated rings. The lowest BCUT2D eigenvalue weighted by Gasteiger charge is -2.22. The van der Waals surface area contributed by atoms with Crippen LogP contribution in [0.4, 0.5) is 5.13 Å². The Hall–Kier alpha value is -1.54. The molecule has 21 heavy (non-hydrogen) atoms. The summed E-state index contributed by atoms with van der Waals surface area (Å²) in [6.07, 6.45) is 2.16. The van der Waals surface area contributed by atoms with Crippen LogP contribution in [0.2, 0.25) is 0 Å². The zero-order chi connectivity index (χ0) is 15.4. The van der Waals surface area contributed by atoms with Gasteiger partial charge in [0.05, 0.1) is 0 Å². The summed E-state index contributed by atoms with van der Waals surface area (Å²) in [5, 5.41) is 12.2. The van der Waals surface area contributed by atoms with Gasteiger partial charge < -0.3 is 9.80 Å². The summed E-state index contributed by atoms with van der Waals surface area (Å²) < 4.78 is 0. The molecule has 116 valence electrons. The maximum Gasteiger partial charge on any atom is 0.248 e. The smallest absolute Gasteiger partial charge is 0.248 e. The third-order valence-corrected chi connectivity index (χ3v) is 4.33. The third kappa shape index (κ3) is 4.21. The number of carbonyl (C=O) groups is 2. The van der Waals surface area contributed by atoms with Gasteiger partial charge in [-0.25, -0.2) is 0 Å². The van der Waals surface area contributed by atoms with Crippen LogP contribution in [0.25, 0.3) is 0 Å². The molecule has 1 unspecified atom stereocenters. The fourth-order valence-electron chi connectivity index (χ4n) is 2.15. The van der Waals surface area contributed by atoms with Crippen LogP contribution in [-0.2, 0) is 16.0 Å². The number of likely N-dealkylation sites (N-methyl/N-ethyl adjacent to an activating group) is 1. The summed E-state index contributed by atoms with van der Waals surface area (Å²) in [6.45, 7) is 3.28. The van der Waals surface area contributed by atoms with Gasteiger partial charge in [-0.2, -0.15) is 0 Å². The number of hydrogen-bond acceptors (Lipinski definition) is 6. The van der Waals surface area contributed by atoms with Crippen LogP contribution in [0, 0.1) is 0 Å². The Labute approximate surface area is 128 Å². The Kier molecular flexibility index (Phi) is 5.24. The average molecular weight is 311 g/mol. The first-order valence-corrected chi connectivity index (χ1v) is 7.86. The molecule has 0 radical (unpaired) electrons. The highest BCUT2D eigenvalue weighted by Gasteiger charge is 2.29. The van der Waals surface area contributed by atoms with Crippen LogP contribution >= 0.6 is 11.3 Å². The monoisotopic (exact) mass is 311 g/mol. The molecule has 8 heteroatoms. The summed E-state index contributed by atoms with van der Waals surface area (Å²) in [6, 6.07) is -0.464. The maximum absolute atomic E-state index is 12.1. The second-order valence-electron chi connectivity index (χ2n) is 5.41. The van der Waals surface area contributed by atoms with Crippen LogP contribution in [0.5, 0.6) is 0 Å². The molecule has 1 aliphatic heterocycles. The number of hydrogen-bond donors (Lipinski definition) is 1. The van der Waals surface area contributed by atoms with Crippen molar-refractivity contribution >= 4 is 28.3 Å². The van der Waals surface area contributed by atoms with Gasteiger partial charge in [-0.3, -0.25) is 14.9 Å². The molecule has 0 bridgehead atoms. The SMILES string of the molecule is CC(C(=O)Nc1nnc(CCN(C)C)s1)N1CCCC1=O. The van der Waals surface area contributed by atoms with E-state index in [1.807, 2.05) is 14.1 Å². The van der Waals surface area contributed by atoms with E-state index in [4.69, 9.17) is 0 Å². The Morgan fingerprint density at radius 3 is 2.86 bits per heavy atom. The first kappa shape index (κ1) is 15.8. The third-order valence-electron chi connectivity index (χ3n) is 3.43. The molecule has 1 aromatic heterocycles. The van der Waals surface area contributed by atoms with Gasteiger partial charge in [0.1, 0.15) is 11.0 Å². The lowest BCUT2D eigenvalue weighted by Crippen LogP contribution is -2.42. The number of aromatic nitrogens is 2. The summed E-state index contributed by atoms with van der Waals surface area (Å²) in [4.78, 5) is 27.5. The zero-order valence-electron chi connectivity index (χ0n) is 12.6. The van der Waals surface area contributed by atoms with Crippen molar-refractivity contribution in [2.45, 2.75) is 32.2 Å². The average Bonchev–Trinajstić information content (AvgIpc) is 3.04. The molecule has 1 aliphatic rings. The summed E-state index contributed by atoms with van der Waals surface area (Å²) in [7, 11) is 4.00. The number of nitrogens with zero attached hydrogens (tertiary/aromatic N) is 4. The molecule has 1 N–H and O–H groups in total. The molecule has 2 heterocycles. The van der Waals surface area contributed by atoms with Gasteiger partial charge in [-0.05, 0) is 27.4 Å². The number of likely N-dealkylation sites (tertiary alicyclic amines) is 1. The van der Waals surface area contributed by atoms with Crippen molar-refractivity contribution in [2.24, 2.45) is 0 Å². The van der Waals surface area contributed by atoms with E-state index in [2.05, 4.69) is 20.4 Å². The van der Waals surface area contributed by atoms with Crippen LogP contribution in [-0.4, -0.2) is 65.0 Å². The standard InChI is InChI=1S/C13H21N5O2S/c1-9(18-7-4-5-11(18)19)12(20)14-13-16-15-10(21-13)6-8-17(2)3/h9H,4-8H2,1-3H3,(H,14,16,20). The molecule has 0 aromatic carbocycles. The number of amides is 2. The van der Waals surface area contributed by atoms with E-state index in [9.17, 15) is 9.59 Å². The molecule has 0 aliphatic carbocycles. The first-order chi connectivity index (χ1) is 9.97. The van der Waals surface area contributed by atoms with Gasteiger partial charge in [0, 0.05) is 25.9 Å². The van der Waals surface area contributed by atoms with Crippen LogP contribution in [0.15, 0.2) is 0 Å². The van der Waals surface area contributed by atoms with E-state index < -0.39 is 6.04 Å². The second-order valence-corrected chi connectivity index (χ2v) is 6.47. The van der Waals surface area contributed by atoms with E-state index in [0.717, 1.165) is 24.4 Å². The van der Waals surface area contributed by atoms with E-state index in [1.54, 1.807) is 11.8 Å². The second kappa shape index (κ2) is 6.95. The molecule has 0 saturated carbocycles. The van der Waals surface area contributed by atoms with Crippen LogP contribution < -0.4 is 5.32 Å². The van der Waals surface area contributed by atoms with Gasteiger partial charge in [-0.15, -0.1) is 10.2 Å². The lowest BCUT2D eigenvalue weighted by molar-refractivity contribution is -0.134. The minimum atomic E-state index is -0.464. The topological polar surface area (TPSA) is 78.4 Å². The fourth-order valence-corrected chi connectivity index (χ4v) is 2.89. The molecular formula is C13H21N5O2S. The highest BCUT2D eigenvalue weighted by Crippen LogP contribution is 2.18. The normalized spacial score (nSPS) is 16.6. The highest BCUT2D eigenvalue weighted by atomic mass is 32.1. The zero-order valence-corrected chi connectivity index (χ0v) is 13.4. The molecule has 0 spiro atoms. The van der Waals surface area contributed by atoms with Crippen molar-refractivity contribution in [1.82, 2.24) is 20.0 Å². The highest BCUT2D eigenvalue weighted by molar-refractivity contribution is 7.15. The Morgan fingerprint density at radius 2 is 2.24 bits per heavy atom. The van der Waals surface area contributed by atoms with Gasteiger partial charge in [0.15, 0.2) is 0 Å². The predicted octanol–water partition coefficient (Wildman–Crippen LogP) is 0.592. The van der Waals surface area contributed by atoms with Gasteiger partial charge in [-0.1, -0.05) is 11.3 Å². The van der Waals surface area contributed by atoms with E-state index in [-0.39, 0.29) is 11.8 Å². The van der Waals surface area contributed by atoms with Crippen molar-refractivity contribution in [3.63, 3.8) is 0 Å². The first-order valence-electron chi connectivity index (χ1n) is 7.05. The van der Waals surface area contributed by atoms with Crippen LogP contribution in [0.3, 0.4) is 0 Å². The van der Waals surface area contributed by atoms with Gasteiger partial charge >= 0.3 is 0 Å². The summed E-state index contributed by atoms with van der Waals surface area (Å²) in [5.41, 5.74) is 0. The molecule has 2 amide bonds.